The number of rotatable bonds is 8. The molecule has 2 rings (SSSR count). The van der Waals surface area contributed by atoms with Gasteiger partial charge in [0.15, 0.2) is 0 Å². The van der Waals surface area contributed by atoms with Crippen molar-refractivity contribution in [2.24, 2.45) is 0 Å². The number of hydrogen-bond donors (Lipinski definition) is 3. The van der Waals surface area contributed by atoms with Gasteiger partial charge in [-0.25, -0.2) is 17.9 Å². The molecule has 2 aromatic carbocycles. The maximum atomic E-state index is 12.3. The van der Waals surface area contributed by atoms with Crippen LogP contribution in [0.25, 0.3) is 0 Å². The van der Waals surface area contributed by atoms with E-state index in [0.717, 1.165) is 5.56 Å². The lowest BCUT2D eigenvalue weighted by atomic mass is 10.1. The van der Waals surface area contributed by atoms with Crippen LogP contribution in [0.1, 0.15) is 24.1 Å². The Morgan fingerprint density at radius 2 is 1.83 bits per heavy atom. The fourth-order valence-corrected chi connectivity index (χ4v) is 3.43. The second kappa shape index (κ2) is 10.9. The zero-order chi connectivity index (χ0) is 20.7. The molecule has 3 N–H and O–H groups in total. The molecule has 0 spiro atoms. The highest BCUT2D eigenvalue weighted by Crippen LogP contribution is 2.29. The quantitative estimate of drug-likeness (QED) is 0.581. The fourth-order valence-electron chi connectivity index (χ4n) is 2.63. The molecule has 0 aromatic heterocycles. The monoisotopic (exact) mass is 443 g/mol. The predicted octanol–water partition coefficient (Wildman–Crippen LogP) is 2.59. The Hall–Kier alpha value is -2.49. The fraction of sp³-hybridized carbons (Fsp3) is 0.316. The van der Waals surface area contributed by atoms with Crippen LogP contribution in [0.15, 0.2) is 47.4 Å². The zero-order valence-corrected chi connectivity index (χ0v) is 18.3. The molecule has 10 heteroatoms. The van der Waals surface area contributed by atoms with Crippen LogP contribution >= 0.6 is 12.4 Å². The predicted molar refractivity (Wildman–Crippen MR) is 113 cm³/mol. The Balaban J connectivity index is 0.00000420. The van der Waals surface area contributed by atoms with Gasteiger partial charge in [-0.05, 0) is 49.9 Å². The first-order chi connectivity index (χ1) is 13.3. The Bertz CT molecular complexity index is 937. The summed E-state index contributed by atoms with van der Waals surface area (Å²) >= 11 is 0. The lowest BCUT2D eigenvalue weighted by Crippen LogP contribution is -2.36. The van der Waals surface area contributed by atoms with E-state index in [1.54, 1.807) is 44.6 Å². The number of methoxy groups -OCH3 is 2. The molecule has 0 radical (unpaired) electrons. The van der Waals surface area contributed by atoms with Crippen molar-refractivity contribution in [1.82, 2.24) is 15.4 Å². The standard InChI is InChI=1S/C19H25N3O5S.ClH/c1-13(17-11-15(26-3)8-9-18(17)27-4)22-19(23)21-12-14-6-5-7-16(10-14)28(24,25)20-2;/h5-11,13,20H,12H2,1-4H3,(H2,21,22,23);1H. The van der Waals surface area contributed by atoms with Crippen LogP contribution in [-0.2, 0) is 16.6 Å². The van der Waals surface area contributed by atoms with E-state index in [1.165, 1.54) is 19.2 Å². The third-order valence-electron chi connectivity index (χ3n) is 4.18. The van der Waals surface area contributed by atoms with Crippen LogP contribution in [-0.4, -0.2) is 35.7 Å². The second-order valence-electron chi connectivity index (χ2n) is 6.01. The highest BCUT2D eigenvalue weighted by atomic mass is 35.5. The van der Waals surface area contributed by atoms with Gasteiger partial charge in [0.05, 0.1) is 25.2 Å². The summed E-state index contributed by atoms with van der Waals surface area (Å²) in [6, 6.07) is 11.0. The maximum Gasteiger partial charge on any atom is 0.315 e. The van der Waals surface area contributed by atoms with Crippen molar-refractivity contribution in [2.75, 3.05) is 21.3 Å². The van der Waals surface area contributed by atoms with Crippen LogP contribution in [0.4, 0.5) is 4.79 Å². The molecule has 0 bridgehead atoms. The molecular formula is C19H26ClN3O5S. The van der Waals surface area contributed by atoms with Crippen LogP contribution < -0.4 is 24.8 Å². The summed E-state index contributed by atoms with van der Waals surface area (Å²) in [6.07, 6.45) is 0. The summed E-state index contributed by atoms with van der Waals surface area (Å²) in [4.78, 5) is 12.4. The van der Waals surface area contributed by atoms with Gasteiger partial charge in [0.1, 0.15) is 11.5 Å². The van der Waals surface area contributed by atoms with Crippen molar-refractivity contribution in [3.05, 3.63) is 53.6 Å². The Morgan fingerprint density at radius 3 is 2.45 bits per heavy atom. The van der Waals surface area contributed by atoms with E-state index in [2.05, 4.69) is 15.4 Å². The van der Waals surface area contributed by atoms with E-state index >= 15 is 0 Å². The lowest BCUT2D eigenvalue weighted by Gasteiger charge is -2.18. The van der Waals surface area contributed by atoms with Gasteiger partial charge in [0.25, 0.3) is 0 Å². The van der Waals surface area contributed by atoms with Gasteiger partial charge in [0.2, 0.25) is 10.0 Å². The molecule has 0 saturated heterocycles. The number of ether oxygens (including phenoxy) is 2. The number of sulfonamides is 1. The molecule has 0 aliphatic carbocycles. The Kier molecular flexibility index (Phi) is 9.22. The van der Waals surface area contributed by atoms with E-state index in [1.807, 2.05) is 6.92 Å². The molecule has 0 aliphatic rings. The molecule has 29 heavy (non-hydrogen) atoms. The lowest BCUT2D eigenvalue weighted by molar-refractivity contribution is 0.237. The van der Waals surface area contributed by atoms with Crippen molar-refractivity contribution in [3.8, 4) is 11.5 Å². The Morgan fingerprint density at radius 1 is 1.10 bits per heavy atom. The topological polar surface area (TPSA) is 106 Å². The van der Waals surface area contributed by atoms with Gasteiger partial charge in [-0.1, -0.05) is 12.1 Å². The number of carbonyl (C=O) groups is 1. The minimum atomic E-state index is -3.53. The molecule has 2 aromatic rings. The highest BCUT2D eigenvalue weighted by molar-refractivity contribution is 7.89. The van der Waals surface area contributed by atoms with Crippen LogP contribution in [0.2, 0.25) is 0 Å². The molecule has 0 fully saturated rings. The van der Waals surface area contributed by atoms with E-state index in [0.29, 0.717) is 17.1 Å². The molecule has 1 unspecified atom stereocenters. The first-order valence-electron chi connectivity index (χ1n) is 8.59. The summed E-state index contributed by atoms with van der Waals surface area (Å²) in [5, 5.41) is 5.56. The van der Waals surface area contributed by atoms with Gasteiger partial charge < -0.3 is 20.1 Å². The minimum absolute atomic E-state index is 0. The number of urea groups is 1. The smallest absolute Gasteiger partial charge is 0.315 e. The van der Waals surface area contributed by atoms with E-state index in [-0.39, 0.29) is 35.9 Å². The van der Waals surface area contributed by atoms with Gasteiger partial charge in [-0.15, -0.1) is 12.4 Å². The van der Waals surface area contributed by atoms with Crippen LogP contribution in [0.5, 0.6) is 11.5 Å². The molecule has 0 saturated carbocycles. The molecule has 8 nitrogen and oxygen atoms in total. The van der Waals surface area contributed by atoms with E-state index < -0.39 is 10.0 Å². The van der Waals surface area contributed by atoms with Gasteiger partial charge in [0, 0.05) is 12.1 Å². The third kappa shape index (κ3) is 6.52. The number of nitrogens with one attached hydrogen (secondary N) is 3. The second-order valence-corrected chi connectivity index (χ2v) is 7.90. The average molecular weight is 444 g/mol. The zero-order valence-electron chi connectivity index (χ0n) is 16.7. The first kappa shape index (κ1) is 24.5. The number of benzene rings is 2. The molecule has 0 aliphatic heterocycles. The van der Waals surface area contributed by atoms with E-state index in [9.17, 15) is 13.2 Å². The summed E-state index contributed by atoms with van der Waals surface area (Å²) in [7, 11) is 0.944. The van der Waals surface area contributed by atoms with Crippen LogP contribution in [0.3, 0.4) is 0 Å². The number of carbonyl (C=O) groups excluding carboxylic acids is 1. The largest absolute Gasteiger partial charge is 0.497 e. The first-order valence-corrected chi connectivity index (χ1v) is 10.1. The van der Waals surface area contributed by atoms with Crippen molar-refractivity contribution in [1.29, 1.82) is 0 Å². The summed E-state index contributed by atoms with van der Waals surface area (Å²) < 4.78 is 36.6. The number of hydrogen-bond acceptors (Lipinski definition) is 5. The summed E-state index contributed by atoms with van der Waals surface area (Å²) in [6.45, 7) is 2.01. The maximum absolute atomic E-state index is 12.3. The third-order valence-corrected chi connectivity index (χ3v) is 5.59. The summed E-state index contributed by atoms with van der Waals surface area (Å²) in [5.74, 6) is 1.30. The Labute approximate surface area is 177 Å². The average Bonchev–Trinajstić information content (AvgIpc) is 2.71. The summed E-state index contributed by atoms with van der Waals surface area (Å²) in [5.41, 5.74) is 1.44. The number of halogens is 1. The highest BCUT2D eigenvalue weighted by Gasteiger charge is 2.16. The SMILES string of the molecule is CNS(=O)(=O)c1cccc(CNC(=O)NC(C)c2cc(OC)ccc2OC)c1.Cl. The number of amides is 2. The van der Waals surface area contributed by atoms with Crippen molar-refractivity contribution < 1.29 is 22.7 Å². The van der Waals surface area contributed by atoms with Gasteiger partial charge in [-0.2, -0.15) is 0 Å². The van der Waals surface area contributed by atoms with Crippen LogP contribution in [0, 0.1) is 0 Å². The van der Waals surface area contributed by atoms with E-state index in [4.69, 9.17) is 9.47 Å². The molecule has 160 valence electrons. The molecule has 1 atom stereocenters. The van der Waals surface area contributed by atoms with Gasteiger partial charge in [-0.3, -0.25) is 0 Å². The van der Waals surface area contributed by atoms with Crippen molar-refractivity contribution >= 4 is 28.5 Å². The van der Waals surface area contributed by atoms with Gasteiger partial charge >= 0.3 is 6.03 Å². The molecule has 2 amide bonds. The molecular weight excluding hydrogens is 418 g/mol. The normalized spacial score (nSPS) is 11.7. The van der Waals surface area contributed by atoms with Crippen molar-refractivity contribution in [2.45, 2.75) is 24.4 Å². The molecule has 0 heterocycles. The van der Waals surface area contributed by atoms with Crippen molar-refractivity contribution in [3.63, 3.8) is 0 Å². The minimum Gasteiger partial charge on any atom is -0.497 e.